The molecule has 0 saturated carbocycles. The molecular weight excluding hydrogens is 256 g/mol. The van der Waals surface area contributed by atoms with Crippen molar-refractivity contribution in [1.82, 2.24) is 0 Å². The molecule has 0 aliphatic carbocycles. The second kappa shape index (κ2) is 4.14. The van der Waals surface area contributed by atoms with Crippen molar-refractivity contribution in [3.05, 3.63) is 44.0 Å². The number of hydrogen-bond donors (Lipinski definition) is 0. The predicted octanol–water partition coefficient (Wildman–Crippen LogP) is 2.40. The molecular formula is C7H5BrN2O4. The Hall–Kier alpha value is -1.50. The van der Waals surface area contributed by atoms with Gasteiger partial charge in [-0.2, -0.15) is 0 Å². The highest BCUT2D eigenvalue weighted by atomic mass is 79.9. The fourth-order valence-electron chi connectivity index (χ4n) is 1.04. The van der Waals surface area contributed by atoms with Gasteiger partial charge in [0.15, 0.2) is 0 Å². The van der Waals surface area contributed by atoms with Crippen molar-refractivity contribution < 1.29 is 9.85 Å². The minimum atomic E-state index is -0.635. The zero-order chi connectivity index (χ0) is 10.7. The predicted molar refractivity (Wildman–Crippen MR) is 52.4 cm³/mol. The highest BCUT2D eigenvalue weighted by Crippen LogP contribution is 2.29. The summed E-state index contributed by atoms with van der Waals surface area (Å²) >= 11 is 2.99. The van der Waals surface area contributed by atoms with Crippen LogP contribution in [0, 0.1) is 20.2 Å². The quantitative estimate of drug-likeness (QED) is 0.474. The van der Waals surface area contributed by atoms with Gasteiger partial charge >= 0.3 is 0 Å². The van der Waals surface area contributed by atoms with E-state index in [1.54, 1.807) is 0 Å². The number of alkyl halides is 1. The molecule has 0 aliphatic rings. The highest BCUT2D eigenvalue weighted by Gasteiger charge is 2.22. The molecule has 0 atom stereocenters. The molecule has 0 saturated heterocycles. The lowest BCUT2D eigenvalue weighted by Gasteiger charge is -1.99. The number of rotatable bonds is 3. The Morgan fingerprint density at radius 2 is 1.57 bits per heavy atom. The van der Waals surface area contributed by atoms with Crippen LogP contribution in [0.1, 0.15) is 5.56 Å². The first-order valence-electron chi connectivity index (χ1n) is 3.54. The topological polar surface area (TPSA) is 86.3 Å². The first-order chi connectivity index (χ1) is 6.57. The standard InChI is InChI=1S/C7H5BrN2O4/c8-4-5-6(9(11)12)2-1-3-7(5)10(13)14/h1-3H,4H2. The zero-order valence-electron chi connectivity index (χ0n) is 6.84. The van der Waals surface area contributed by atoms with Crippen LogP contribution < -0.4 is 0 Å². The zero-order valence-corrected chi connectivity index (χ0v) is 8.43. The second-order valence-corrected chi connectivity index (χ2v) is 2.98. The lowest BCUT2D eigenvalue weighted by atomic mass is 10.1. The van der Waals surface area contributed by atoms with Gasteiger partial charge < -0.3 is 0 Å². The average Bonchev–Trinajstić information content (AvgIpc) is 2.16. The fraction of sp³-hybridized carbons (Fsp3) is 0.143. The summed E-state index contributed by atoms with van der Waals surface area (Å²) in [6.45, 7) is 0. The molecule has 1 rings (SSSR count). The summed E-state index contributed by atoms with van der Waals surface area (Å²) in [7, 11) is 0. The van der Waals surface area contributed by atoms with Crippen LogP contribution in [0.25, 0.3) is 0 Å². The molecule has 0 unspecified atom stereocenters. The molecule has 0 heterocycles. The van der Waals surface area contributed by atoms with E-state index in [9.17, 15) is 20.2 Å². The Balaban J connectivity index is 3.39. The molecule has 0 radical (unpaired) electrons. The molecule has 0 fully saturated rings. The van der Waals surface area contributed by atoms with E-state index in [4.69, 9.17) is 0 Å². The maximum Gasteiger partial charge on any atom is 0.280 e. The molecule has 0 aromatic heterocycles. The molecule has 7 heteroatoms. The van der Waals surface area contributed by atoms with Crippen molar-refractivity contribution in [1.29, 1.82) is 0 Å². The molecule has 1 aromatic rings. The van der Waals surface area contributed by atoms with Crippen molar-refractivity contribution in [3.63, 3.8) is 0 Å². The van der Waals surface area contributed by atoms with Crippen molar-refractivity contribution >= 4 is 27.3 Å². The third-order valence-electron chi connectivity index (χ3n) is 1.65. The van der Waals surface area contributed by atoms with E-state index in [-0.39, 0.29) is 22.3 Å². The van der Waals surface area contributed by atoms with Crippen molar-refractivity contribution in [2.75, 3.05) is 0 Å². The first-order valence-corrected chi connectivity index (χ1v) is 4.66. The summed E-state index contributed by atoms with van der Waals surface area (Å²) in [6, 6.07) is 3.77. The number of halogens is 1. The Morgan fingerprint density at radius 3 is 1.86 bits per heavy atom. The minimum Gasteiger partial charge on any atom is -0.258 e. The van der Waals surface area contributed by atoms with Gasteiger partial charge in [0, 0.05) is 17.5 Å². The molecule has 0 aliphatic heterocycles. The fourth-order valence-corrected chi connectivity index (χ4v) is 1.62. The number of benzene rings is 1. The molecule has 6 nitrogen and oxygen atoms in total. The molecule has 1 aromatic carbocycles. The van der Waals surface area contributed by atoms with Crippen molar-refractivity contribution in [3.8, 4) is 0 Å². The van der Waals surface area contributed by atoms with Crippen molar-refractivity contribution in [2.45, 2.75) is 5.33 Å². The molecule has 0 bridgehead atoms. The lowest BCUT2D eigenvalue weighted by molar-refractivity contribution is -0.395. The van der Waals surface area contributed by atoms with E-state index in [1.807, 2.05) is 0 Å². The largest absolute Gasteiger partial charge is 0.280 e. The van der Waals surface area contributed by atoms with E-state index < -0.39 is 9.85 Å². The van der Waals surface area contributed by atoms with Crippen LogP contribution in [-0.4, -0.2) is 9.85 Å². The molecule has 74 valence electrons. The van der Waals surface area contributed by atoms with Crippen LogP contribution in [-0.2, 0) is 5.33 Å². The average molecular weight is 261 g/mol. The Kier molecular flexibility index (Phi) is 3.13. The monoisotopic (exact) mass is 260 g/mol. The number of nitrogens with zero attached hydrogens (tertiary/aromatic N) is 2. The van der Waals surface area contributed by atoms with Crippen LogP contribution in [0.15, 0.2) is 18.2 Å². The van der Waals surface area contributed by atoms with Crippen LogP contribution >= 0.6 is 15.9 Å². The number of nitro benzene ring substituents is 2. The van der Waals surface area contributed by atoms with E-state index in [2.05, 4.69) is 15.9 Å². The SMILES string of the molecule is O=[N+]([O-])c1cccc([N+](=O)[O-])c1CBr. The summed E-state index contributed by atoms with van der Waals surface area (Å²) in [5.41, 5.74) is -0.394. The summed E-state index contributed by atoms with van der Waals surface area (Å²) in [6.07, 6.45) is 0. The summed E-state index contributed by atoms with van der Waals surface area (Å²) in [4.78, 5) is 19.8. The lowest BCUT2D eigenvalue weighted by Crippen LogP contribution is -1.98. The van der Waals surface area contributed by atoms with Gasteiger partial charge in [-0.1, -0.05) is 15.9 Å². The third-order valence-corrected chi connectivity index (χ3v) is 2.21. The number of hydrogen-bond acceptors (Lipinski definition) is 4. The van der Waals surface area contributed by atoms with Gasteiger partial charge in [0.1, 0.15) is 5.56 Å². The van der Waals surface area contributed by atoms with Gasteiger partial charge in [-0.05, 0) is 6.07 Å². The molecule has 0 amide bonds. The normalized spacial score (nSPS) is 9.79. The van der Waals surface area contributed by atoms with Crippen LogP contribution in [0.5, 0.6) is 0 Å². The maximum atomic E-state index is 10.5. The van der Waals surface area contributed by atoms with E-state index >= 15 is 0 Å². The third kappa shape index (κ3) is 1.87. The van der Waals surface area contributed by atoms with Crippen LogP contribution in [0.3, 0.4) is 0 Å². The summed E-state index contributed by atoms with van der Waals surface area (Å²) in [5.74, 6) is 0. The van der Waals surface area contributed by atoms with E-state index in [1.165, 1.54) is 18.2 Å². The first kappa shape index (κ1) is 10.6. The van der Waals surface area contributed by atoms with E-state index in [0.717, 1.165) is 0 Å². The smallest absolute Gasteiger partial charge is 0.258 e. The van der Waals surface area contributed by atoms with Crippen molar-refractivity contribution in [2.24, 2.45) is 0 Å². The van der Waals surface area contributed by atoms with Crippen LogP contribution in [0.4, 0.5) is 11.4 Å². The number of nitro groups is 2. The Bertz CT molecular complexity index is 361. The minimum absolute atomic E-state index is 0.0838. The van der Waals surface area contributed by atoms with Gasteiger partial charge in [0.2, 0.25) is 0 Å². The molecule has 0 spiro atoms. The molecule has 14 heavy (non-hydrogen) atoms. The van der Waals surface area contributed by atoms with Gasteiger partial charge in [-0.15, -0.1) is 0 Å². The highest BCUT2D eigenvalue weighted by molar-refractivity contribution is 9.08. The molecule has 0 N–H and O–H groups in total. The summed E-state index contributed by atoms with van der Waals surface area (Å²) in [5, 5.41) is 21.1. The van der Waals surface area contributed by atoms with Gasteiger partial charge in [-0.25, -0.2) is 0 Å². The van der Waals surface area contributed by atoms with Gasteiger partial charge in [0.25, 0.3) is 11.4 Å². The Morgan fingerprint density at radius 1 is 1.14 bits per heavy atom. The van der Waals surface area contributed by atoms with Gasteiger partial charge in [-0.3, -0.25) is 20.2 Å². The summed E-state index contributed by atoms with van der Waals surface area (Å²) < 4.78 is 0. The maximum absolute atomic E-state index is 10.5. The van der Waals surface area contributed by atoms with Gasteiger partial charge in [0.05, 0.1) is 9.85 Å². The van der Waals surface area contributed by atoms with E-state index in [0.29, 0.717) is 0 Å². The second-order valence-electron chi connectivity index (χ2n) is 2.42. The van der Waals surface area contributed by atoms with Crippen LogP contribution in [0.2, 0.25) is 0 Å². The Labute approximate surface area is 87.0 Å².